The van der Waals surface area contributed by atoms with Crippen molar-refractivity contribution in [3.63, 3.8) is 0 Å². The molecule has 30 heavy (non-hydrogen) atoms. The van der Waals surface area contributed by atoms with Crippen LogP contribution >= 0.6 is 11.3 Å². The summed E-state index contributed by atoms with van der Waals surface area (Å²) >= 11 is 1.57. The minimum atomic E-state index is 0.0608. The van der Waals surface area contributed by atoms with E-state index in [0.717, 1.165) is 49.6 Å². The Morgan fingerprint density at radius 1 is 1.13 bits per heavy atom. The monoisotopic (exact) mass is 423 g/mol. The molecule has 3 saturated heterocycles. The summed E-state index contributed by atoms with van der Waals surface area (Å²) in [5.74, 6) is 0.0608. The molecule has 5 heterocycles. The molecule has 1 N–H and O–H groups in total. The maximum absolute atomic E-state index is 13.3. The molecule has 3 aliphatic rings. The van der Waals surface area contributed by atoms with Crippen LogP contribution in [0.3, 0.4) is 0 Å². The zero-order valence-electron chi connectivity index (χ0n) is 16.8. The SMILES string of the molecule is O=C(c1ccc(-c2nccs2)c2oc(N3CC4CCC(C3)N4)nc12)N1CCCCC1. The summed E-state index contributed by atoms with van der Waals surface area (Å²) in [6.07, 6.45) is 7.53. The highest BCUT2D eigenvalue weighted by Crippen LogP contribution is 2.36. The van der Waals surface area contributed by atoms with E-state index in [9.17, 15) is 4.79 Å². The molecule has 2 atom stereocenters. The summed E-state index contributed by atoms with van der Waals surface area (Å²) in [6.45, 7) is 3.43. The van der Waals surface area contributed by atoms with E-state index in [4.69, 9.17) is 9.40 Å². The van der Waals surface area contributed by atoms with Gasteiger partial charge in [-0.05, 0) is 44.2 Å². The number of fused-ring (bicyclic) bond motifs is 3. The van der Waals surface area contributed by atoms with Crippen LogP contribution in [0.1, 0.15) is 42.5 Å². The Balaban J connectivity index is 1.44. The fourth-order valence-electron chi connectivity index (χ4n) is 5.05. The molecule has 1 amide bonds. The number of hydrogen-bond acceptors (Lipinski definition) is 7. The number of likely N-dealkylation sites (tertiary alicyclic amines) is 1. The van der Waals surface area contributed by atoms with Gasteiger partial charge in [-0.1, -0.05) is 0 Å². The third-order valence-corrected chi connectivity index (χ3v) is 7.36. The molecule has 7 nitrogen and oxygen atoms in total. The van der Waals surface area contributed by atoms with E-state index in [-0.39, 0.29) is 5.91 Å². The summed E-state index contributed by atoms with van der Waals surface area (Å²) in [7, 11) is 0. The first-order valence-electron chi connectivity index (χ1n) is 10.9. The van der Waals surface area contributed by atoms with Crippen LogP contribution in [-0.2, 0) is 0 Å². The number of hydrogen-bond donors (Lipinski definition) is 1. The molecule has 2 unspecified atom stereocenters. The molecule has 3 fully saturated rings. The highest BCUT2D eigenvalue weighted by Gasteiger charge is 2.35. The van der Waals surface area contributed by atoms with Crippen LogP contribution in [0.2, 0.25) is 0 Å². The van der Waals surface area contributed by atoms with Crippen LogP contribution < -0.4 is 10.2 Å². The molecular weight excluding hydrogens is 398 g/mol. The lowest BCUT2D eigenvalue weighted by Crippen LogP contribution is -2.51. The van der Waals surface area contributed by atoms with Gasteiger partial charge in [0.1, 0.15) is 10.5 Å². The maximum Gasteiger partial charge on any atom is 0.298 e. The number of benzene rings is 1. The minimum Gasteiger partial charge on any atom is -0.423 e. The lowest BCUT2D eigenvalue weighted by Gasteiger charge is -2.31. The minimum absolute atomic E-state index is 0.0608. The van der Waals surface area contributed by atoms with E-state index in [1.807, 2.05) is 22.4 Å². The van der Waals surface area contributed by atoms with Crippen LogP contribution in [0.25, 0.3) is 21.7 Å². The van der Waals surface area contributed by atoms with Gasteiger partial charge in [-0.15, -0.1) is 11.3 Å². The van der Waals surface area contributed by atoms with Crippen molar-refractivity contribution in [1.82, 2.24) is 20.2 Å². The van der Waals surface area contributed by atoms with Gasteiger partial charge in [0.25, 0.3) is 11.9 Å². The van der Waals surface area contributed by atoms with E-state index in [1.165, 1.54) is 19.3 Å². The number of thiazole rings is 1. The summed E-state index contributed by atoms with van der Waals surface area (Å²) < 4.78 is 6.35. The number of carbonyl (C=O) groups is 1. The van der Waals surface area contributed by atoms with Crippen molar-refractivity contribution in [3.05, 3.63) is 29.3 Å². The van der Waals surface area contributed by atoms with Gasteiger partial charge >= 0.3 is 0 Å². The summed E-state index contributed by atoms with van der Waals surface area (Å²) in [6, 6.07) is 5.48. The first-order chi connectivity index (χ1) is 14.8. The number of rotatable bonds is 3. The molecule has 8 heteroatoms. The molecule has 3 aromatic rings. The Labute approximate surface area is 179 Å². The molecule has 0 radical (unpaired) electrons. The van der Waals surface area contributed by atoms with Crippen molar-refractivity contribution in [1.29, 1.82) is 0 Å². The summed E-state index contributed by atoms with van der Waals surface area (Å²) in [5, 5.41) is 6.50. The Morgan fingerprint density at radius 3 is 2.67 bits per heavy atom. The number of piperidine rings is 1. The van der Waals surface area contributed by atoms with Gasteiger partial charge in [-0.2, -0.15) is 4.98 Å². The molecule has 0 spiro atoms. The Bertz CT molecular complexity index is 1060. The van der Waals surface area contributed by atoms with Crippen molar-refractivity contribution in [2.75, 3.05) is 31.1 Å². The molecule has 6 rings (SSSR count). The fourth-order valence-corrected chi connectivity index (χ4v) is 5.71. The molecular formula is C22H25N5O2S. The number of piperazine rings is 1. The average molecular weight is 424 g/mol. The topological polar surface area (TPSA) is 74.5 Å². The van der Waals surface area contributed by atoms with Gasteiger partial charge in [0.05, 0.1) is 11.1 Å². The third kappa shape index (κ3) is 3.09. The second-order valence-corrected chi connectivity index (χ2v) is 9.46. The number of amides is 1. The van der Waals surface area contributed by atoms with Gasteiger partial charge in [0, 0.05) is 49.8 Å². The summed E-state index contributed by atoms with van der Waals surface area (Å²) in [4.78, 5) is 26.9. The van der Waals surface area contributed by atoms with Crippen LogP contribution in [0.4, 0.5) is 6.01 Å². The number of carbonyl (C=O) groups excluding carboxylic acids is 1. The molecule has 2 aromatic heterocycles. The lowest BCUT2D eigenvalue weighted by atomic mass is 10.1. The average Bonchev–Trinajstić information content (AvgIpc) is 3.53. The predicted octanol–water partition coefficient (Wildman–Crippen LogP) is 3.52. The number of anilines is 1. The first-order valence-corrected chi connectivity index (χ1v) is 11.8. The Hall–Kier alpha value is -2.45. The zero-order chi connectivity index (χ0) is 20.1. The lowest BCUT2D eigenvalue weighted by molar-refractivity contribution is 0.0726. The van der Waals surface area contributed by atoms with Crippen LogP contribution in [0, 0.1) is 0 Å². The van der Waals surface area contributed by atoms with Crippen LogP contribution in [0.5, 0.6) is 0 Å². The highest BCUT2D eigenvalue weighted by atomic mass is 32.1. The van der Waals surface area contributed by atoms with E-state index in [0.29, 0.717) is 34.8 Å². The highest BCUT2D eigenvalue weighted by molar-refractivity contribution is 7.13. The van der Waals surface area contributed by atoms with Gasteiger partial charge < -0.3 is 19.5 Å². The molecule has 0 saturated carbocycles. The second kappa shape index (κ2) is 7.35. The van der Waals surface area contributed by atoms with Crippen molar-refractivity contribution in [2.24, 2.45) is 0 Å². The zero-order valence-corrected chi connectivity index (χ0v) is 17.7. The number of nitrogens with zero attached hydrogens (tertiary/aromatic N) is 4. The van der Waals surface area contributed by atoms with E-state index >= 15 is 0 Å². The largest absolute Gasteiger partial charge is 0.423 e. The van der Waals surface area contributed by atoms with Gasteiger partial charge in [0.2, 0.25) is 0 Å². The molecule has 0 aliphatic carbocycles. The van der Waals surface area contributed by atoms with Gasteiger partial charge in [-0.25, -0.2) is 4.98 Å². The van der Waals surface area contributed by atoms with Gasteiger partial charge in [0.15, 0.2) is 5.58 Å². The maximum atomic E-state index is 13.3. The number of nitrogens with one attached hydrogen (secondary N) is 1. The first kappa shape index (κ1) is 18.3. The van der Waals surface area contributed by atoms with Crippen molar-refractivity contribution in [2.45, 2.75) is 44.2 Å². The second-order valence-electron chi connectivity index (χ2n) is 8.57. The van der Waals surface area contributed by atoms with Gasteiger partial charge in [-0.3, -0.25) is 4.79 Å². The number of aromatic nitrogens is 2. The van der Waals surface area contributed by atoms with Crippen LogP contribution in [-0.4, -0.2) is 59.0 Å². The van der Waals surface area contributed by atoms with Crippen molar-refractivity contribution in [3.8, 4) is 10.6 Å². The third-order valence-electron chi connectivity index (χ3n) is 6.56. The molecule has 3 aliphatic heterocycles. The fraction of sp³-hybridized carbons (Fsp3) is 0.500. The molecule has 156 valence electrons. The normalized spacial score (nSPS) is 24.0. The van der Waals surface area contributed by atoms with E-state index in [2.05, 4.69) is 15.2 Å². The predicted molar refractivity (Wildman–Crippen MR) is 117 cm³/mol. The Morgan fingerprint density at radius 2 is 1.93 bits per heavy atom. The molecule has 2 bridgehead atoms. The van der Waals surface area contributed by atoms with Crippen molar-refractivity contribution < 1.29 is 9.21 Å². The Kier molecular flexibility index (Phi) is 4.49. The standard InChI is InChI=1S/C22H25N5O2S/c28-21(26-9-2-1-3-10-26)16-6-7-17(20-23-8-11-30-20)19-18(16)25-22(29-19)27-12-14-4-5-15(13-27)24-14/h6-8,11,14-15,24H,1-5,9-10,12-13H2. The van der Waals surface area contributed by atoms with E-state index < -0.39 is 0 Å². The number of oxazole rings is 1. The van der Waals surface area contributed by atoms with Crippen molar-refractivity contribution >= 4 is 34.4 Å². The quantitative estimate of drug-likeness (QED) is 0.695. The van der Waals surface area contributed by atoms with E-state index in [1.54, 1.807) is 17.5 Å². The molecule has 1 aromatic carbocycles. The smallest absolute Gasteiger partial charge is 0.298 e. The summed E-state index contributed by atoms with van der Waals surface area (Å²) in [5.41, 5.74) is 2.89. The van der Waals surface area contributed by atoms with Crippen LogP contribution in [0.15, 0.2) is 28.1 Å².